The normalized spacial score (nSPS) is 21.4. The van der Waals surface area contributed by atoms with Crippen molar-refractivity contribution in [2.24, 2.45) is 5.92 Å². The summed E-state index contributed by atoms with van der Waals surface area (Å²) in [5.41, 5.74) is 0. The van der Waals surface area contributed by atoms with Gasteiger partial charge in [-0.3, -0.25) is 4.79 Å². The van der Waals surface area contributed by atoms with Crippen molar-refractivity contribution >= 4 is 5.97 Å². The van der Waals surface area contributed by atoms with Crippen molar-refractivity contribution in [3.8, 4) is 0 Å². The summed E-state index contributed by atoms with van der Waals surface area (Å²) in [5.74, 6) is 0.716. The number of hydrogen-bond acceptors (Lipinski definition) is 4. The Morgan fingerprint density at radius 1 is 1.12 bits per heavy atom. The Balaban J connectivity index is 1.44. The van der Waals surface area contributed by atoms with Crippen molar-refractivity contribution in [2.45, 2.75) is 44.6 Å². The summed E-state index contributed by atoms with van der Waals surface area (Å²) < 4.78 is 10.8. The van der Waals surface area contributed by atoms with Crippen LogP contribution in [-0.4, -0.2) is 38.4 Å². The fourth-order valence-corrected chi connectivity index (χ4v) is 2.09. The first-order chi connectivity index (χ1) is 8.34. The van der Waals surface area contributed by atoms with Crippen LogP contribution in [0, 0.1) is 5.92 Å². The maximum Gasteiger partial charge on any atom is 0.308 e. The molecule has 0 amide bonds. The van der Waals surface area contributed by atoms with E-state index in [-0.39, 0.29) is 5.97 Å². The molecule has 4 heteroatoms. The van der Waals surface area contributed by atoms with Gasteiger partial charge in [0.05, 0.1) is 25.7 Å². The highest BCUT2D eigenvalue weighted by atomic mass is 16.5. The third kappa shape index (κ3) is 5.50. The van der Waals surface area contributed by atoms with Gasteiger partial charge in [-0.15, -0.1) is 0 Å². The Kier molecular flexibility index (Phi) is 5.26. The zero-order valence-corrected chi connectivity index (χ0v) is 10.5. The lowest BCUT2D eigenvalue weighted by molar-refractivity contribution is -0.145. The number of esters is 1. The molecule has 1 heterocycles. The van der Waals surface area contributed by atoms with Crippen molar-refractivity contribution in [1.82, 2.24) is 5.32 Å². The topological polar surface area (TPSA) is 47.6 Å². The van der Waals surface area contributed by atoms with Gasteiger partial charge in [-0.2, -0.15) is 0 Å². The Labute approximate surface area is 103 Å². The number of rotatable bonds is 7. The third-order valence-electron chi connectivity index (χ3n) is 3.43. The number of piperidine rings is 1. The fraction of sp³-hybridized carbons (Fsp3) is 0.923. The molecule has 1 aliphatic carbocycles. The molecule has 1 aliphatic heterocycles. The van der Waals surface area contributed by atoms with Gasteiger partial charge in [0.1, 0.15) is 0 Å². The van der Waals surface area contributed by atoms with Gasteiger partial charge in [0.15, 0.2) is 0 Å². The Morgan fingerprint density at radius 2 is 1.88 bits per heavy atom. The van der Waals surface area contributed by atoms with Crippen molar-refractivity contribution in [3.05, 3.63) is 0 Å². The summed E-state index contributed by atoms with van der Waals surface area (Å²) in [5, 5.41) is 3.29. The third-order valence-corrected chi connectivity index (χ3v) is 3.43. The second-order valence-electron chi connectivity index (χ2n) is 5.02. The molecule has 1 saturated heterocycles. The second-order valence-corrected chi connectivity index (χ2v) is 5.02. The van der Waals surface area contributed by atoms with Gasteiger partial charge in [0.2, 0.25) is 0 Å². The van der Waals surface area contributed by atoms with Gasteiger partial charge < -0.3 is 14.8 Å². The lowest BCUT2D eigenvalue weighted by Crippen LogP contribution is -2.32. The molecule has 0 spiro atoms. The first kappa shape index (κ1) is 12.8. The van der Waals surface area contributed by atoms with E-state index in [2.05, 4.69) is 5.32 Å². The van der Waals surface area contributed by atoms with Crippen LogP contribution in [-0.2, 0) is 14.3 Å². The number of carbonyl (C=O) groups excluding carboxylic acids is 1. The lowest BCUT2D eigenvalue weighted by Gasteiger charge is -2.22. The molecule has 0 aromatic heterocycles. The summed E-state index contributed by atoms with van der Waals surface area (Å²) in [7, 11) is 0. The molecule has 17 heavy (non-hydrogen) atoms. The minimum atomic E-state index is -0.111. The largest absolute Gasteiger partial charge is 0.466 e. The van der Waals surface area contributed by atoms with E-state index in [1.54, 1.807) is 0 Å². The molecule has 2 rings (SSSR count). The van der Waals surface area contributed by atoms with Crippen molar-refractivity contribution in [3.63, 3.8) is 0 Å². The average molecular weight is 241 g/mol. The summed E-state index contributed by atoms with van der Waals surface area (Å²) in [6, 6.07) is 0. The standard InChI is InChI=1S/C13H23NO3/c15-13(17-9-5-11-1-2-11)6-10-16-12-3-7-14-8-4-12/h11-12,14H,1-10H2. The first-order valence-electron chi connectivity index (χ1n) is 6.82. The quantitative estimate of drug-likeness (QED) is 0.686. The molecule has 98 valence electrons. The number of ether oxygens (including phenoxy) is 2. The van der Waals surface area contributed by atoms with Gasteiger partial charge in [-0.1, -0.05) is 12.8 Å². The van der Waals surface area contributed by atoms with Gasteiger partial charge in [-0.25, -0.2) is 0 Å². The smallest absolute Gasteiger partial charge is 0.308 e. The van der Waals surface area contributed by atoms with Crippen LogP contribution in [0.25, 0.3) is 0 Å². The van der Waals surface area contributed by atoms with Crippen LogP contribution in [0.1, 0.15) is 38.5 Å². The molecule has 2 aliphatic rings. The maximum absolute atomic E-state index is 11.4. The van der Waals surface area contributed by atoms with E-state index in [9.17, 15) is 4.79 Å². The summed E-state index contributed by atoms with van der Waals surface area (Å²) >= 11 is 0. The van der Waals surface area contributed by atoms with Gasteiger partial charge in [0.25, 0.3) is 0 Å². The molecule has 0 radical (unpaired) electrons. The van der Waals surface area contributed by atoms with E-state index in [0.29, 0.717) is 25.7 Å². The molecule has 4 nitrogen and oxygen atoms in total. The van der Waals surface area contributed by atoms with E-state index in [1.807, 2.05) is 0 Å². The van der Waals surface area contributed by atoms with Crippen LogP contribution in [0.15, 0.2) is 0 Å². The van der Waals surface area contributed by atoms with Gasteiger partial charge in [-0.05, 0) is 38.3 Å². The average Bonchev–Trinajstić information content (AvgIpc) is 3.14. The molecule has 0 aromatic rings. The fourth-order valence-electron chi connectivity index (χ4n) is 2.09. The summed E-state index contributed by atoms with van der Waals surface area (Å²) in [6.45, 7) is 3.15. The molecule has 0 bridgehead atoms. The zero-order chi connectivity index (χ0) is 11.9. The van der Waals surface area contributed by atoms with Gasteiger partial charge in [0, 0.05) is 0 Å². The molecule has 1 N–H and O–H groups in total. The number of nitrogens with one attached hydrogen (secondary N) is 1. The van der Waals surface area contributed by atoms with Crippen LogP contribution in [0.4, 0.5) is 0 Å². The molecule has 1 saturated carbocycles. The second kappa shape index (κ2) is 6.97. The first-order valence-corrected chi connectivity index (χ1v) is 6.82. The Morgan fingerprint density at radius 3 is 2.59 bits per heavy atom. The van der Waals surface area contributed by atoms with E-state index < -0.39 is 0 Å². The molecule has 0 aromatic carbocycles. The monoisotopic (exact) mass is 241 g/mol. The zero-order valence-electron chi connectivity index (χ0n) is 10.5. The van der Waals surface area contributed by atoms with E-state index in [0.717, 1.165) is 38.3 Å². The predicted octanol–water partition coefficient (Wildman–Crippen LogP) is 1.49. The van der Waals surface area contributed by atoms with Crippen molar-refractivity contribution < 1.29 is 14.3 Å². The molecular formula is C13H23NO3. The molecular weight excluding hydrogens is 218 g/mol. The van der Waals surface area contributed by atoms with E-state index >= 15 is 0 Å². The Bertz CT molecular complexity index is 235. The highest BCUT2D eigenvalue weighted by Crippen LogP contribution is 2.32. The molecule has 0 unspecified atom stereocenters. The van der Waals surface area contributed by atoms with Crippen molar-refractivity contribution in [1.29, 1.82) is 0 Å². The van der Waals surface area contributed by atoms with Gasteiger partial charge >= 0.3 is 5.97 Å². The Hall–Kier alpha value is -0.610. The van der Waals surface area contributed by atoms with Crippen LogP contribution >= 0.6 is 0 Å². The minimum absolute atomic E-state index is 0.111. The van der Waals surface area contributed by atoms with Crippen LogP contribution in [0.3, 0.4) is 0 Å². The number of carbonyl (C=O) groups is 1. The number of hydrogen-bond donors (Lipinski definition) is 1. The lowest BCUT2D eigenvalue weighted by atomic mass is 10.1. The minimum Gasteiger partial charge on any atom is -0.466 e. The predicted molar refractivity (Wildman–Crippen MR) is 64.8 cm³/mol. The van der Waals surface area contributed by atoms with E-state index in [4.69, 9.17) is 9.47 Å². The van der Waals surface area contributed by atoms with Crippen molar-refractivity contribution in [2.75, 3.05) is 26.3 Å². The highest BCUT2D eigenvalue weighted by molar-refractivity contribution is 5.69. The molecule has 0 atom stereocenters. The SMILES string of the molecule is O=C(CCOC1CCNCC1)OCCC1CC1. The van der Waals surface area contributed by atoms with Crippen LogP contribution < -0.4 is 5.32 Å². The summed E-state index contributed by atoms with van der Waals surface area (Å²) in [4.78, 5) is 11.4. The van der Waals surface area contributed by atoms with Crippen LogP contribution in [0.2, 0.25) is 0 Å². The summed E-state index contributed by atoms with van der Waals surface area (Å²) in [6.07, 6.45) is 6.51. The molecule has 2 fully saturated rings. The highest BCUT2D eigenvalue weighted by Gasteiger charge is 2.21. The maximum atomic E-state index is 11.4. The van der Waals surface area contributed by atoms with E-state index in [1.165, 1.54) is 12.8 Å². The van der Waals surface area contributed by atoms with Crippen LogP contribution in [0.5, 0.6) is 0 Å².